The summed E-state index contributed by atoms with van der Waals surface area (Å²) in [6, 6.07) is 0.157. The van der Waals surface area contributed by atoms with Gasteiger partial charge in [-0.3, -0.25) is 0 Å². The maximum atomic E-state index is 11.0. The Morgan fingerprint density at radius 2 is 2.18 bits per heavy atom. The fraction of sp³-hybridized carbons (Fsp3) is 1.00. The van der Waals surface area contributed by atoms with Gasteiger partial charge in [0.25, 0.3) is 0 Å². The molecular formula is C6H14N2O2S. The van der Waals surface area contributed by atoms with E-state index < -0.39 is 10.0 Å². The van der Waals surface area contributed by atoms with Crippen molar-refractivity contribution >= 4 is 10.0 Å². The topological polar surface area (TPSA) is 49.4 Å². The maximum absolute atomic E-state index is 11.0. The summed E-state index contributed by atoms with van der Waals surface area (Å²) in [6.45, 7) is 1.70. The van der Waals surface area contributed by atoms with Crippen LogP contribution in [0.4, 0.5) is 0 Å². The zero-order valence-corrected chi connectivity index (χ0v) is 7.69. The summed E-state index contributed by atoms with van der Waals surface area (Å²) in [6.07, 6.45) is 2.16. The highest BCUT2D eigenvalue weighted by Gasteiger charge is 2.24. The van der Waals surface area contributed by atoms with E-state index in [-0.39, 0.29) is 6.04 Å². The minimum atomic E-state index is -2.99. The molecule has 1 heterocycles. The number of nitrogens with one attached hydrogen (secondary N) is 1. The number of nitrogens with zero attached hydrogens (tertiary/aromatic N) is 1. The zero-order valence-electron chi connectivity index (χ0n) is 6.87. The van der Waals surface area contributed by atoms with Gasteiger partial charge in [-0.1, -0.05) is 0 Å². The number of hydrogen-bond acceptors (Lipinski definition) is 3. The number of rotatable bonds is 2. The Bertz CT molecular complexity index is 219. The van der Waals surface area contributed by atoms with Crippen molar-refractivity contribution in [1.29, 1.82) is 0 Å². The first-order valence-corrected chi connectivity index (χ1v) is 5.50. The van der Waals surface area contributed by atoms with Gasteiger partial charge in [-0.25, -0.2) is 12.7 Å². The molecule has 0 aromatic carbocycles. The van der Waals surface area contributed by atoms with Gasteiger partial charge in [0, 0.05) is 19.6 Å². The van der Waals surface area contributed by atoms with Gasteiger partial charge in [-0.15, -0.1) is 0 Å². The first-order valence-electron chi connectivity index (χ1n) is 3.65. The van der Waals surface area contributed by atoms with E-state index >= 15 is 0 Å². The van der Waals surface area contributed by atoms with Gasteiger partial charge >= 0.3 is 0 Å². The first kappa shape index (κ1) is 8.96. The third-order valence-electron chi connectivity index (χ3n) is 2.07. The highest BCUT2D eigenvalue weighted by molar-refractivity contribution is 7.88. The lowest BCUT2D eigenvalue weighted by Gasteiger charge is -2.20. The zero-order chi connectivity index (χ0) is 8.48. The molecular weight excluding hydrogens is 164 g/mol. The normalized spacial score (nSPS) is 26.3. The molecule has 0 spiro atoms. The second-order valence-corrected chi connectivity index (χ2v) is 4.97. The van der Waals surface area contributed by atoms with Crippen molar-refractivity contribution in [3.05, 3.63) is 0 Å². The monoisotopic (exact) mass is 178 g/mol. The lowest BCUT2D eigenvalue weighted by molar-refractivity contribution is 0.391. The molecule has 0 aliphatic carbocycles. The van der Waals surface area contributed by atoms with Crippen LogP contribution in [-0.2, 0) is 10.0 Å². The van der Waals surface area contributed by atoms with Crippen LogP contribution >= 0.6 is 0 Å². The second kappa shape index (κ2) is 3.08. The highest BCUT2D eigenvalue weighted by Crippen LogP contribution is 2.08. The molecule has 1 N–H and O–H groups in total. The van der Waals surface area contributed by atoms with E-state index in [4.69, 9.17) is 0 Å². The fourth-order valence-electron chi connectivity index (χ4n) is 1.22. The van der Waals surface area contributed by atoms with E-state index in [1.165, 1.54) is 10.6 Å². The molecule has 1 saturated heterocycles. The summed E-state index contributed by atoms with van der Waals surface area (Å²) in [7, 11) is -1.36. The Labute approximate surface area is 67.6 Å². The smallest absolute Gasteiger partial charge is 0.211 e. The summed E-state index contributed by atoms with van der Waals surface area (Å²) < 4.78 is 23.5. The molecule has 0 radical (unpaired) electrons. The summed E-state index contributed by atoms with van der Waals surface area (Å²) >= 11 is 0. The van der Waals surface area contributed by atoms with Crippen LogP contribution in [0.2, 0.25) is 0 Å². The Balaban J connectivity index is 2.60. The van der Waals surface area contributed by atoms with Crippen LogP contribution in [0.1, 0.15) is 6.42 Å². The molecule has 0 aromatic heterocycles. The van der Waals surface area contributed by atoms with E-state index in [2.05, 4.69) is 5.32 Å². The lowest BCUT2D eigenvalue weighted by Crippen LogP contribution is -2.37. The number of likely N-dealkylation sites (N-methyl/N-ethyl adjacent to an activating group) is 1. The van der Waals surface area contributed by atoms with Gasteiger partial charge < -0.3 is 5.32 Å². The molecule has 66 valence electrons. The standard InChI is InChI=1S/C6H14N2O2S/c1-8(11(2,9)10)6-3-4-7-5-6/h6-7H,3-5H2,1-2H3/t6-/m1/s1. The third-order valence-corrected chi connectivity index (χ3v) is 3.42. The van der Waals surface area contributed by atoms with Crippen LogP contribution in [0, 0.1) is 0 Å². The summed E-state index contributed by atoms with van der Waals surface area (Å²) in [5.74, 6) is 0. The Morgan fingerprint density at radius 3 is 2.55 bits per heavy atom. The van der Waals surface area contributed by atoms with Gasteiger partial charge in [0.15, 0.2) is 0 Å². The van der Waals surface area contributed by atoms with E-state index in [0.717, 1.165) is 19.5 Å². The SMILES string of the molecule is CN([C@@H]1CCNC1)S(C)(=O)=O. The largest absolute Gasteiger partial charge is 0.315 e. The molecule has 1 atom stereocenters. The molecule has 1 rings (SSSR count). The molecule has 5 heteroatoms. The molecule has 1 aliphatic heterocycles. The molecule has 0 amide bonds. The average Bonchev–Trinajstić information content (AvgIpc) is 2.34. The third kappa shape index (κ3) is 2.15. The predicted octanol–water partition coefficient (Wildman–Crippen LogP) is -0.760. The first-order chi connectivity index (χ1) is 5.02. The van der Waals surface area contributed by atoms with E-state index in [1.807, 2.05) is 0 Å². The molecule has 1 aliphatic rings. The van der Waals surface area contributed by atoms with Crippen LogP contribution in [0.25, 0.3) is 0 Å². The number of sulfonamides is 1. The van der Waals surface area contributed by atoms with Gasteiger partial charge in [0.1, 0.15) is 0 Å². The molecule has 0 unspecified atom stereocenters. The van der Waals surface area contributed by atoms with Crippen LogP contribution in [-0.4, -0.2) is 45.2 Å². The van der Waals surface area contributed by atoms with Gasteiger partial charge in [0.2, 0.25) is 10.0 Å². The minimum Gasteiger partial charge on any atom is -0.315 e. The highest BCUT2D eigenvalue weighted by atomic mass is 32.2. The van der Waals surface area contributed by atoms with Crippen molar-refractivity contribution < 1.29 is 8.42 Å². The van der Waals surface area contributed by atoms with Crippen molar-refractivity contribution in [3.63, 3.8) is 0 Å². The number of hydrogen-bond donors (Lipinski definition) is 1. The van der Waals surface area contributed by atoms with Gasteiger partial charge in [0.05, 0.1) is 6.26 Å². The van der Waals surface area contributed by atoms with Gasteiger partial charge in [-0.2, -0.15) is 0 Å². The van der Waals surface area contributed by atoms with Crippen molar-refractivity contribution in [2.45, 2.75) is 12.5 Å². The second-order valence-electron chi connectivity index (χ2n) is 2.93. The van der Waals surface area contributed by atoms with E-state index in [9.17, 15) is 8.42 Å². The maximum Gasteiger partial charge on any atom is 0.211 e. The fourth-order valence-corrected chi connectivity index (χ4v) is 1.94. The van der Waals surface area contributed by atoms with Crippen molar-refractivity contribution in [3.8, 4) is 0 Å². The molecule has 1 fully saturated rings. The average molecular weight is 178 g/mol. The Hall–Kier alpha value is -0.130. The Morgan fingerprint density at radius 1 is 1.55 bits per heavy atom. The summed E-state index contributed by atoms with van der Waals surface area (Å²) in [5.41, 5.74) is 0. The van der Waals surface area contributed by atoms with Crippen LogP contribution in [0.3, 0.4) is 0 Å². The molecule has 4 nitrogen and oxygen atoms in total. The molecule has 0 saturated carbocycles. The van der Waals surface area contributed by atoms with Gasteiger partial charge in [-0.05, 0) is 13.0 Å². The molecule has 11 heavy (non-hydrogen) atoms. The minimum absolute atomic E-state index is 0.157. The van der Waals surface area contributed by atoms with Crippen LogP contribution < -0.4 is 5.32 Å². The van der Waals surface area contributed by atoms with Crippen molar-refractivity contribution in [2.75, 3.05) is 26.4 Å². The van der Waals surface area contributed by atoms with E-state index in [1.54, 1.807) is 7.05 Å². The molecule has 0 bridgehead atoms. The van der Waals surface area contributed by atoms with E-state index in [0.29, 0.717) is 0 Å². The summed E-state index contributed by atoms with van der Waals surface area (Å²) in [4.78, 5) is 0. The van der Waals surface area contributed by atoms with Crippen LogP contribution in [0.5, 0.6) is 0 Å². The Kier molecular flexibility index (Phi) is 2.51. The predicted molar refractivity (Wildman–Crippen MR) is 43.9 cm³/mol. The lowest BCUT2D eigenvalue weighted by atomic mass is 10.3. The van der Waals surface area contributed by atoms with Crippen LogP contribution in [0.15, 0.2) is 0 Å². The van der Waals surface area contributed by atoms with Crippen molar-refractivity contribution in [1.82, 2.24) is 9.62 Å². The van der Waals surface area contributed by atoms with Crippen molar-refractivity contribution in [2.24, 2.45) is 0 Å². The quantitative estimate of drug-likeness (QED) is 0.604. The molecule has 0 aromatic rings. The summed E-state index contributed by atoms with van der Waals surface area (Å²) in [5, 5.41) is 3.12.